The number of benzene rings is 2. The van der Waals surface area contributed by atoms with Crippen LogP contribution in [-0.4, -0.2) is 28.5 Å². The van der Waals surface area contributed by atoms with Gasteiger partial charge in [-0.1, -0.05) is 60.7 Å². The van der Waals surface area contributed by atoms with Crippen LogP contribution in [0.25, 0.3) is 0 Å². The zero-order valence-corrected chi connectivity index (χ0v) is 17.7. The summed E-state index contributed by atoms with van der Waals surface area (Å²) in [6, 6.07) is 19.0. The standard InChI is InChI=1S/C23H27N5O3/c1-3-27(19(29)14-25-16(2)18-12-8-5-9-13-18)20-21(24)28(23(31)26-22(20)30)15-17-10-6-4-7-11-17/h4-13,16,25H,3,14-15,24H2,1-2H3,(H,26,30,31)/t16-/m0/s1. The average molecular weight is 422 g/mol. The number of aromatic amines is 1. The summed E-state index contributed by atoms with van der Waals surface area (Å²) < 4.78 is 1.27. The molecule has 4 N–H and O–H groups in total. The van der Waals surface area contributed by atoms with Gasteiger partial charge < -0.3 is 16.0 Å². The Balaban J connectivity index is 1.85. The van der Waals surface area contributed by atoms with Crippen LogP contribution in [0.15, 0.2) is 70.3 Å². The van der Waals surface area contributed by atoms with Crippen LogP contribution in [0.1, 0.15) is 31.0 Å². The predicted octanol–water partition coefficient (Wildman–Crippen LogP) is 1.87. The number of hydrogen-bond acceptors (Lipinski definition) is 5. The number of nitrogens with zero attached hydrogens (tertiary/aromatic N) is 2. The second kappa shape index (κ2) is 9.90. The lowest BCUT2D eigenvalue weighted by Gasteiger charge is -2.24. The van der Waals surface area contributed by atoms with E-state index in [2.05, 4.69) is 10.3 Å². The van der Waals surface area contributed by atoms with E-state index in [4.69, 9.17) is 5.73 Å². The van der Waals surface area contributed by atoms with E-state index in [9.17, 15) is 14.4 Å². The largest absolute Gasteiger partial charge is 0.383 e. The fourth-order valence-corrected chi connectivity index (χ4v) is 3.42. The van der Waals surface area contributed by atoms with Gasteiger partial charge in [-0.2, -0.15) is 0 Å². The van der Waals surface area contributed by atoms with Crippen LogP contribution in [0.4, 0.5) is 11.5 Å². The minimum atomic E-state index is -0.682. The molecule has 1 atom stereocenters. The van der Waals surface area contributed by atoms with Gasteiger partial charge in [-0.05, 0) is 25.0 Å². The molecule has 0 aliphatic rings. The summed E-state index contributed by atoms with van der Waals surface area (Å²) in [5, 5.41) is 3.18. The van der Waals surface area contributed by atoms with E-state index in [0.29, 0.717) is 0 Å². The maximum absolute atomic E-state index is 12.9. The molecule has 0 radical (unpaired) electrons. The molecule has 8 heteroatoms. The maximum Gasteiger partial charge on any atom is 0.330 e. The molecule has 0 saturated carbocycles. The van der Waals surface area contributed by atoms with Gasteiger partial charge in [0, 0.05) is 12.6 Å². The van der Waals surface area contributed by atoms with E-state index in [1.807, 2.05) is 67.6 Å². The molecule has 1 amide bonds. The smallest absolute Gasteiger partial charge is 0.330 e. The summed E-state index contributed by atoms with van der Waals surface area (Å²) in [4.78, 5) is 41.5. The molecule has 2 aromatic carbocycles. The fraction of sp³-hybridized carbons (Fsp3) is 0.261. The SMILES string of the molecule is CCN(C(=O)CN[C@@H](C)c1ccccc1)c1c(N)n(Cc2ccccc2)c(=O)[nH]c1=O. The highest BCUT2D eigenvalue weighted by molar-refractivity contribution is 5.96. The third-order valence-electron chi connectivity index (χ3n) is 5.14. The molecule has 31 heavy (non-hydrogen) atoms. The van der Waals surface area contributed by atoms with Crippen LogP contribution < -0.4 is 27.2 Å². The third kappa shape index (κ3) is 5.10. The molecule has 0 bridgehead atoms. The first-order valence-electron chi connectivity index (χ1n) is 10.2. The van der Waals surface area contributed by atoms with Crippen molar-refractivity contribution < 1.29 is 4.79 Å². The molecule has 0 aliphatic carbocycles. The quantitative estimate of drug-likeness (QED) is 0.514. The zero-order chi connectivity index (χ0) is 22.4. The Labute approximate surface area is 180 Å². The normalized spacial score (nSPS) is 11.8. The molecule has 0 spiro atoms. The molecule has 8 nitrogen and oxygen atoms in total. The molecule has 0 unspecified atom stereocenters. The molecular formula is C23H27N5O3. The van der Waals surface area contributed by atoms with Crippen LogP contribution in [0, 0.1) is 0 Å². The summed E-state index contributed by atoms with van der Waals surface area (Å²) >= 11 is 0. The summed E-state index contributed by atoms with van der Waals surface area (Å²) in [5.41, 5.74) is 6.81. The van der Waals surface area contributed by atoms with Gasteiger partial charge in [-0.3, -0.25) is 19.1 Å². The molecule has 3 aromatic rings. The zero-order valence-electron chi connectivity index (χ0n) is 17.7. The minimum absolute atomic E-state index is 0.0145. The Morgan fingerprint density at radius 1 is 1.10 bits per heavy atom. The number of H-pyrrole nitrogens is 1. The lowest BCUT2D eigenvalue weighted by atomic mass is 10.1. The van der Waals surface area contributed by atoms with Gasteiger partial charge in [0.1, 0.15) is 5.82 Å². The first-order valence-corrected chi connectivity index (χ1v) is 10.2. The Kier molecular flexibility index (Phi) is 7.04. The van der Waals surface area contributed by atoms with Crippen molar-refractivity contribution in [3.8, 4) is 0 Å². The maximum atomic E-state index is 12.9. The Morgan fingerprint density at radius 2 is 1.71 bits per heavy atom. The van der Waals surface area contributed by atoms with Crippen molar-refractivity contribution in [1.29, 1.82) is 0 Å². The molecule has 0 aliphatic heterocycles. The van der Waals surface area contributed by atoms with Crippen molar-refractivity contribution in [2.45, 2.75) is 26.4 Å². The molecular weight excluding hydrogens is 394 g/mol. The van der Waals surface area contributed by atoms with Gasteiger partial charge in [0.2, 0.25) is 5.91 Å². The predicted molar refractivity (Wildman–Crippen MR) is 122 cm³/mol. The van der Waals surface area contributed by atoms with Crippen molar-refractivity contribution in [1.82, 2.24) is 14.9 Å². The molecule has 1 aromatic heterocycles. The molecule has 162 valence electrons. The fourth-order valence-electron chi connectivity index (χ4n) is 3.42. The lowest BCUT2D eigenvalue weighted by Crippen LogP contribution is -2.44. The highest BCUT2D eigenvalue weighted by Gasteiger charge is 2.23. The first kappa shape index (κ1) is 22.0. The molecule has 1 heterocycles. The van der Waals surface area contributed by atoms with Gasteiger partial charge in [0.25, 0.3) is 5.56 Å². The number of aromatic nitrogens is 2. The van der Waals surface area contributed by atoms with Crippen molar-refractivity contribution in [2.75, 3.05) is 23.7 Å². The van der Waals surface area contributed by atoms with Crippen molar-refractivity contribution >= 4 is 17.4 Å². The first-order chi connectivity index (χ1) is 14.9. The minimum Gasteiger partial charge on any atom is -0.383 e. The second-order valence-corrected chi connectivity index (χ2v) is 7.22. The number of anilines is 2. The van der Waals surface area contributed by atoms with E-state index in [1.54, 1.807) is 6.92 Å². The van der Waals surface area contributed by atoms with Crippen molar-refractivity contribution in [2.24, 2.45) is 0 Å². The van der Waals surface area contributed by atoms with Crippen LogP contribution in [-0.2, 0) is 11.3 Å². The summed E-state index contributed by atoms with van der Waals surface area (Å²) in [7, 11) is 0. The number of nitrogens with one attached hydrogen (secondary N) is 2. The number of amides is 1. The number of hydrogen-bond donors (Lipinski definition) is 3. The Bertz CT molecular complexity index is 1140. The van der Waals surface area contributed by atoms with Crippen molar-refractivity contribution in [3.63, 3.8) is 0 Å². The number of carbonyl (C=O) groups excluding carboxylic acids is 1. The number of nitrogen functional groups attached to an aromatic ring is 1. The van der Waals surface area contributed by atoms with Gasteiger partial charge in [-0.15, -0.1) is 0 Å². The third-order valence-corrected chi connectivity index (χ3v) is 5.14. The average Bonchev–Trinajstić information content (AvgIpc) is 2.78. The van der Waals surface area contributed by atoms with Crippen LogP contribution >= 0.6 is 0 Å². The van der Waals surface area contributed by atoms with Crippen LogP contribution in [0.3, 0.4) is 0 Å². The molecule has 0 fully saturated rings. The number of likely N-dealkylation sites (N-methyl/N-ethyl adjacent to an activating group) is 1. The van der Waals surface area contributed by atoms with Gasteiger partial charge in [0.05, 0.1) is 13.1 Å². The highest BCUT2D eigenvalue weighted by atomic mass is 16.2. The van der Waals surface area contributed by atoms with E-state index in [0.717, 1.165) is 11.1 Å². The van der Waals surface area contributed by atoms with Crippen molar-refractivity contribution in [3.05, 3.63) is 92.6 Å². The van der Waals surface area contributed by atoms with Gasteiger partial charge in [-0.25, -0.2) is 4.79 Å². The summed E-state index contributed by atoms with van der Waals surface area (Å²) in [5.74, 6) is -0.351. The topological polar surface area (TPSA) is 113 Å². The Morgan fingerprint density at radius 3 is 2.32 bits per heavy atom. The molecule has 0 saturated heterocycles. The monoisotopic (exact) mass is 421 g/mol. The van der Waals surface area contributed by atoms with Gasteiger partial charge in [0.15, 0.2) is 5.69 Å². The van der Waals surface area contributed by atoms with E-state index < -0.39 is 11.2 Å². The number of carbonyl (C=O) groups is 1. The lowest BCUT2D eigenvalue weighted by molar-refractivity contribution is -0.117. The van der Waals surface area contributed by atoms with E-state index in [-0.39, 0.29) is 43.1 Å². The number of rotatable bonds is 8. The van der Waals surface area contributed by atoms with Crippen LogP contribution in [0.2, 0.25) is 0 Å². The highest BCUT2D eigenvalue weighted by Crippen LogP contribution is 2.18. The van der Waals surface area contributed by atoms with Crippen LogP contribution in [0.5, 0.6) is 0 Å². The summed E-state index contributed by atoms with van der Waals surface area (Å²) in [6.07, 6.45) is 0. The summed E-state index contributed by atoms with van der Waals surface area (Å²) in [6.45, 7) is 4.14. The molecule has 3 rings (SSSR count). The second-order valence-electron chi connectivity index (χ2n) is 7.22. The number of nitrogens with two attached hydrogens (primary N) is 1. The Hall–Kier alpha value is -3.65. The van der Waals surface area contributed by atoms with E-state index in [1.165, 1.54) is 9.47 Å². The van der Waals surface area contributed by atoms with Gasteiger partial charge >= 0.3 is 5.69 Å². The van der Waals surface area contributed by atoms with E-state index >= 15 is 0 Å².